The van der Waals surface area contributed by atoms with Crippen LogP contribution >= 0.6 is 0 Å². The first-order chi connectivity index (χ1) is 10.8. The molecule has 0 bridgehead atoms. The third kappa shape index (κ3) is 8.98. The maximum absolute atomic E-state index is 8.86. The molecule has 0 aromatic heterocycles. The van der Waals surface area contributed by atoms with E-state index in [1.165, 1.54) is 77.0 Å². The van der Waals surface area contributed by atoms with E-state index in [1.54, 1.807) is 0 Å². The minimum atomic E-state index is 0.362. The summed E-state index contributed by atoms with van der Waals surface area (Å²) in [5.41, 5.74) is 0. The summed E-state index contributed by atoms with van der Waals surface area (Å²) in [5.74, 6) is 2.66. The lowest BCUT2D eigenvalue weighted by Gasteiger charge is -2.19. The molecule has 1 rings (SSSR count). The maximum atomic E-state index is 8.86. The Morgan fingerprint density at radius 3 is 2.68 bits per heavy atom. The van der Waals surface area contributed by atoms with Crippen molar-refractivity contribution in [1.82, 2.24) is 0 Å². The van der Waals surface area contributed by atoms with Crippen LogP contribution in [0.4, 0.5) is 0 Å². The second-order valence-electron chi connectivity index (χ2n) is 7.53. The molecule has 1 heteroatoms. The second-order valence-corrected chi connectivity index (χ2v) is 7.53. The summed E-state index contributed by atoms with van der Waals surface area (Å²) in [5, 5.41) is 8.86. The number of aliphatic hydroxyl groups is 1. The zero-order valence-corrected chi connectivity index (χ0v) is 15.2. The lowest BCUT2D eigenvalue weighted by Crippen LogP contribution is -2.07. The van der Waals surface area contributed by atoms with Crippen molar-refractivity contribution in [2.24, 2.45) is 17.8 Å². The van der Waals surface area contributed by atoms with E-state index in [0.717, 1.165) is 24.2 Å². The summed E-state index contributed by atoms with van der Waals surface area (Å²) in [6.07, 6.45) is 22.4. The molecule has 3 atom stereocenters. The summed E-state index contributed by atoms with van der Waals surface area (Å²) < 4.78 is 0. The number of rotatable bonds is 13. The minimum absolute atomic E-state index is 0.362. The standard InChI is InChI=1S/C21H40O/c1-3-4-5-6-7-8-13-20-14-11-15-21(20)17-16-19(2)12-9-10-18-22/h8,13,19-22H,3-7,9-12,14-18H2,1-2H3/t19?,20-,21+/m0/s1. The van der Waals surface area contributed by atoms with E-state index < -0.39 is 0 Å². The van der Waals surface area contributed by atoms with Crippen LogP contribution in [0.25, 0.3) is 0 Å². The van der Waals surface area contributed by atoms with Crippen molar-refractivity contribution in [2.75, 3.05) is 6.61 Å². The van der Waals surface area contributed by atoms with Crippen molar-refractivity contribution in [2.45, 2.75) is 97.3 Å². The molecular weight excluding hydrogens is 268 g/mol. The van der Waals surface area contributed by atoms with Crippen LogP contribution in [-0.2, 0) is 0 Å². The van der Waals surface area contributed by atoms with Gasteiger partial charge in [0.25, 0.3) is 0 Å². The van der Waals surface area contributed by atoms with E-state index in [2.05, 4.69) is 26.0 Å². The molecule has 1 unspecified atom stereocenters. The van der Waals surface area contributed by atoms with Crippen LogP contribution in [0.5, 0.6) is 0 Å². The first-order valence-corrected chi connectivity index (χ1v) is 10.1. The zero-order chi connectivity index (χ0) is 16.0. The monoisotopic (exact) mass is 308 g/mol. The molecule has 1 nitrogen and oxygen atoms in total. The molecule has 22 heavy (non-hydrogen) atoms. The Balaban J connectivity index is 2.15. The largest absolute Gasteiger partial charge is 0.396 e. The molecule has 1 aliphatic carbocycles. The maximum Gasteiger partial charge on any atom is 0.0431 e. The van der Waals surface area contributed by atoms with Gasteiger partial charge in [-0.3, -0.25) is 0 Å². The molecule has 0 aromatic rings. The van der Waals surface area contributed by atoms with Crippen LogP contribution in [0.1, 0.15) is 97.3 Å². The van der Waals surface area contributed by atoms with E-state index in [0.29, 0.717) is 6.61 Å². The Bertz CT molecular complexity index is 271. The molecular formula is C21H40O. The van der Waals surface area contributed by atoms with Crippen LogP contribution < -0.4 is 0 Å². The van der Waals surface area contributed by atoms with Gasteiger partial charge in [-0.1, -0.05) is 70.9 Å². The summed E-state index contributed by atoms with van der Waals surface area (Å²) in [6, 6.07) is 0. The molecule has 0 aromatic carbocycles. The SMILES string of the molecule is CCCCCCC=C[C@H]1CCC[C@@H]1CCC(C)CCCCO. The van der Waals surface area contributed by atoms with Gasteiger partial charge in [0.15, 0.2) is 0 Å². The fourth-order valence-electron chi connectivity index (χ4n) is 3.88. The number of hydrogen-bond acceptors (Lipinski definition) is 1. The molecule has 0 radical (unpaired) electrons. The quantitative estimate of drug-likeness (QED) is 0.304. The second kappa shape index (κ2) is 13.2. The van der Waals surface area contributed by atoms with E-state index in [1.807, 2.05) is 0 Å². The van der Waals surface area contributed by atoms with Gasteiger partial charge < -0.3 is 5.11 Å². The number of unbranched alkanes of at least 4 members (excludes halogenated alkanes) is 5. The predicted octanol–water partition coefficient (Wildman–Crippen LogP) is 6.51. The highest BCUT2D eigenvalue weighted by Crippen LogP contribution is 2.37. The topological polar surface area (TPSA) is 20.2 Å². The summed E-state index contributed by atoms with van der Waals surface area (Å²) in [4.78, 5) is 0. The Morgan fingerprint density at radius 2 is 1.91 bits per heavy atom. The normalized spacial score (nSPS) is 23.4. The van der Waals surface area contributed by atoms with Crippen LogP contribution in [0.2, 0.25) is 0 Å². The highest BCUT2D eigenvalue weighted by Gasteiger charge is 2.24. The summed E-state index contributed by atoms with van der Waals surface area (Å²) in [7, 11) is 0. The smallest absolute Gasteiger partial charge is 0.0431 e. The van der Waals surface area contributed by atoms with Gasteiger partial charge >= 0.3 is 0 Å². The highest BCUT2D eigenvalue weighted by atomic mass is 16.2. The van der Waals surface area contributed by atoms with Gasteiger partial charge in [-0.25, -0.2) is 0 Å². The van der Waals surface area contributed by atoms with E-state index in [9.17, 15) is 0 Å². The first-order valence-electron chi connectivity index (χ1n) is 10.1. The predicted molar refractivity (Wildman–Crippen MR) is 98.1 cm³/mol. The molecule has 1 fully saturated rings. The van der Waals surface area contributed by atoms with Crippen LogP contribution in [-0.4, -0.2) is 11.7 Å². The van der Waals surface area contributed by atoms with Crippen molar-refractivity contribution >= 4 is 0 Å². The molecule has 0 amide bonds. The van der Waals surface area contributed by atoms with E-state index in [-0.39, 0.29) is 0 Å². The van der Waals surface area contributed by atoms with E-state index >= 15 is 0 Å². The molecule has 0 heterocycles. The lowest BCUT2D eigenvalue weighted by molar-refractivity contribution is 0.275. The van der Waals surface area contributed by atoms with Gasteiger partial charge in [-0.2, -0.15) is 0 Å². The Morgan fingerprint density at radius 1 is 1.05 bits per heavy atom. The average Bonchev–Trinajstić information content (AvgIpc) is 2.96. The summed E-state index contributed by atoms with van der Waals surface area (Å²) >= 11 is 0. The van der Waals surface area contributed by atoms with Crippen molar-refractivity contribution in [3.8, 4) is 0 Å². The Kier molecular flexibility index (Phi) is 11.8. The zero-order valence-electron chi connectivity index (χ0n) is 15.2. The summed E-state index contributed by atoms with van der Waals surface area (Å²) in [6.45, 7) is 5.04. The van der Waals surface area contributed by atoms with Gasteiger partial charge in [0.05, 0.1) is 0 Å². The minimum Gasteiger partial charge on any atom is -0.396 e. The molecule has 1 saturated carbocycles. The third-order valence-electron chi connectivity index (χ3n) is 5.46. The van der Waals surface area contributed by atoms with Crippen molar-refractivity contribution in [3.63, 3.8) is 0 Å². The van der Waals surface area contributed by atoms with Crippen molar-refractivity contribution in [1.29, 1.82) is 0 Å². The van der Waals surface area contributed by atoms with Gasteiger partial charge in [0.2, 0.25) is 0 Å². The molecule has 130 valence electrons. The van der Waals surface area contributed by atoms with Gasteiger partial charge in [0.1, 0.15) is 0 Å². The molecule has 1 N–H and O–H groups in total. The van der Waals surface area contributed by atoms with Crippen molar-refractivity contribution < 1.29 is 5.11 Å². The number of hydrogen-bond donors (Lipinski definition) is 1. The third-order valence-corrected chi connectivity index (χ3v) is 5.46. The molecule has 0 spiro atoms. The van der Waals surface area contributed by atoms with Gasteiger partial charge in [0, 0.05) is 6.61 Å². The van der Waals surface area contributed by atoms with Crippen LogP contribution in [0, 0.1) is 17.8 Å². The highest BCUT2D eigenvalue weighted by molar-refractivity contribution is 4.94. The van der Waals surface area contributed by atoms with Crippen LogP contribution in [0.15, 0.2) is 12.2 Å². The lowest BCUT2D eigenvalue weighted by atomic mass is 9.87. The molecule has 0 saturated heterocycles. The Hall–Kier alpha value is -0.300. The fourth-order valence-corrected chi connectivity index (χ4v) is 3.88. The van der Waals surface area contributed by atoms with Crippen molar-refractivity contribution in [3.05, 3.63) is 12.2 Å². The van der Waals surface area contributed by atoms with Gasteiger partial charge in [-0.05, 0) is 56.3 Å². The molecule has 0 aliphatic heterocycles. The van der Waals surface area contributed by atoms with Gasteiger partial charge in [-0.15, -0.1) is 0 Å². The molecule has 1 aliphatic rings. The number of aliphatic hydroxyl groups excluding tert-OH is 1. The first kappa shape index (κ1) is 19.7. The van der Waals surface area contributed by atoms with Crippen LogP contribution in [0.3, 0.4) is 0 Å². The fraction of sp³-hybridized carbons (Fsp3) is 0.905. The number of allylic oxidation sites excluding steroid dienone is 2. The Labute approximate surface area is 139 Å². The van der Waals surface area contributed by atoms with E-state index in [4.69, 9.17) is 5.11 Å². The average molecular weight is 309 g/mol.